The molecular weight excluding hydrogens is 497 g/mol. The van der Waals surface area contributed by atoms with E-state index in [4.69, 9.17) is 0 Å². The van der Waals surface area contributed by atoms with E-state index in [1.54, 1.807) is 23.2 Å². The van der Waals surface area contributed by atoms with Crippen LogP contribution in [0.15, 0.2) is 30.5 Å². The number of halogens is 3. The molecule has 0 spiro atoms. The zero-order chi connectivity index (χ0) is 25.9. The smallest absolute Gasteiger partial charge is 0.416 e. The number of benzene rings is 1. The number of carbonyl (C=O) groups is 2. The van der Waals surface area contributed by atoms with Crippen molar-refractivity contribution in [3.63, 3.8) is 0 Å². The monoisotopic (exact) mass is 526 g/mol. The number of alkyl halides is 3. The molecule has 1 aromatic heterocycles. The minimum Gasteiger partial charge on any atom is -0.481 e. The zero-order valence-electron chi connectivity index (χ0n) is 19.9. The summed E-state index contributed by atoms with van der Waals surface area (Å²) in [6.07, 6.45) is -0.224. The van der Waals surface area contributed by atoms with E-state index in [0.29, 0.717) is 75.7 Å². The minimum absolute atomic E-state index is 0.241. The number of rotatable bonds is 6. The third-order valence-corrected chi connectivity index (χ3v) is 6.97. The van der Waals surface area contributed by atoms with Crippen molar-refractivity contribution in [2.45, 2.75) is 25.6 Å². The van der Waals surface area contributed by atoms with E-state index in [-0.39, 0.29) is 6.03 Å². The number of carboxylic acid groups (broad SMARTS) is 1. The molecule has 3 heterocycles. The average Bonchev–Trinajstić information content (AvgIpc) is 3.32. The van der Waals surface area contributed by atoms with Crippen molar-refractivity contribution in [3.05, 3.63) is 41.6 Å². The van der Waals surface area contributed by atoms with Crippen LogP contribution in [0.25, 0.3) is 0 Å². The Morgan fingerprint density at radius 2 is 1.81 bits per heavy atom. The van der Waals surface area contributed by atoms with Gasteiger partial charge in [0.25, 0.3) is 0 Å². The molecule has 0 radical (unpaired) electrons. The number of amides is 1. The van der Waals surface area contributed by atoms with Gasteiger partial charge in [-0.15, -0.1) is 5.10 Å². The van der Waals surface area contributed by atoms with E-state index in [1.807, 2.05) is 16.1 Å². The van der Waals surface area contributed by atoms with Gasteiger partial charge in [0, 0.05) is 70.0 Å². The number of piperazine rings is 1. The Morgan fingerprint density at radius 3 is 2.42 bits per heavy atom. The van der Waals surface area contributed by atoms with E-state index in [2.05, 4.69) is 9.82 Å². The molecule has 1 amide bonds. The quantitative estimate of drug-likeness (QED) is 0.551. The second kappa shape index (κ2) is 11.0. The van der Waals surface area contributed by atoms with Gasteiger partial charge in [0.15, 0.2) is 5.82 Å². The van der Waals surface area contributed by atoms with E-state index >= 15 is 0 Å². The number of aliphatic carboxylic acids is 1. The van der Waals surface area contributed by atoms with Gasteiger partial charge in [-0.1, -0.05) is 11.9 Å². The van der Waals surface area contributed by atoms with Gasteiger partial charge < -0.3 is 19.6 Å². The summed E-state index contributed by atoms with van der Waals surface area (Å²) in [5.74, 6) is -0.732. The van der Waals surface area contributed by atoms with Crippen LogP contribution in [0.1, 0.15) is 24.0 Å². The van der Waals surface area contributed by atoms with Crippen LogP contribution in [0.2, 0.25) is 0 Å². The topological polar surface area (TPSA) is 93.9 Å². The molecule has 0 aliphatic carbocycles. The molecule has 0 bridgehead atoms. The number of hydrogen-bond acceptors (Lipinski definition) is 7. The van der Waals surface area contributed by atoms with E-state index < -0.39 is 23.6 Å². The molecule has 2 aliphatic rings. The molecule has 1 aromatic carbocycles. The molecule has 2 aliphatic heterocycles. The number of aromatic nitrogens is 2. The lowest BCUT2D eigenvalue weighted by Gasteiger charge is -2.35. The molecule has 36 heavy (non-hydrogen) atoms. The predicted molar refractivity (Wildman–Crippen MR) is 131 cm³/mol. The van der Waals surface area contributed by atoms with Crippen molar-refractivity contribution in [1.29, 1.82) is 0 Å². The Balaban J connectivity index is 1.40. The fourth-order valence-corrected chi connectivity index (χ4v) is 4.90. The summed E-state index contributed by atoms with van der Waals surface area (Å²) in [6, 6.07) is 5.55. The number of nitrogens with one attached hydrogen (secondary N) is 1. The number of carbonyl (C=O) groups excluding carboxylic acids is 1. The molecule has 2 saturated heterocycles. The van der Waals surface area contributed by atoms with Gasteiger partial charge >= 0.3 is 18.2 Å². The van der Waals surface area contributed by atoms with E-state index in [1.165, 1.54) is 22.7 Å². The van der Waals surface area contributed by atoms with Crippen molar-refractivity contribution in [2.24, 2.45) is 5.92 Å². The standard InChI is InChI=1S/C23H29F3N6O3S/c1-36-28-20-4-7-32(27-20)22(35)31-10-8-29(9-11-31)15-16-12-18(23(24,25)26)14-19(13-16)30-5-2-17(3-6-30)21(33)34/h4,7,12-14,17H,2-3,5-6,8-11,15H2,1H3,(H,27,28)(H,33,34). The Labute approximate surface area is 211 Å². The maximum absolute atomic E-state index is 13.6. The summed E-state index contributed by atoms with van der Waals surface area (Å²) in [5.41, 5.74) is 0.295. The highest BCUT2D eigenvalue weighted by molar-refractivity contribution is 7.99. The zero-order valence-corrected chi connectivity index (χ0v) is 20.7. The summed E-state index contributed by atoms with van der Waals surface area (Å²) in [6.45, 7) is 3.07. The van der Waals surface area contributed by atoms with Crippen molar-refractivity contribution >= 4 is 35.5 Å². The number of nitrogens with zero attached hydrogens (tertiary/aromatic N) is 5. The van der Waals surface area contributed by atoms with Crippen LogP contribution in [0, 0.1) is 5.92 Å². The normalized spacial score (nSPS) is 17.9. The molecule has 2 fully saturated rings. The minimum atomic E-state index is -4.48. The van der Waals surface area contributed by atoms with Gasteiger partial charge in [0.05, 0.1) is 11.5 Å². The number of carboxylic acids is 1. The Bertz CT molecular complexity index is 1080. The van der Waals surface area contributed by atoms with E-state index in [9.17, 15) is 27.9 Å². The van der Waals surface area contributed by atoms with Gasteiger partial charge in [-0.25, -0.2) is 4.79 Å². The number of hydrogen-bond donors (Lipinski definition) is 2. The second-order valence-electron chi connectivity index (χ2n) is 8.98. The summed E-state index contributed by atoms with van der Waals surface area (Å²) in [7, 11) is 0. The molecular formula is C23H29F3N6O3S. The predicted octanol–water partition coefficient (Wildman–Crippen LogP) is 3.68. The molecule has 2 aromatic rings. The molecule has 13 heteroatoms. The Hall–Kier alpha value is -2.93. The third kappa shape index (κ3) is 6.25. The van der Waals surface area contributed by atoms with E-state index in [0.717, 1.165) is 6.07 Å². The highest BCUT2D eigenvalue weighted by Crippen LogP contribution is 2.34. The molecule has 4 rings (SSSR count). The van der Waals surface area contributed by atoms with Crippen molar-refractivity contribution in [2.75, 3.05) is 55.1 Å². The van der Waals surface area contributed by atoms with Crippen molar-refractivity contribution in [1.82, 2.24) is 19.6 Å². The Morgan fingerprint density at radius 1 is 1.11 bits per heavy atom. The van der Waals surface area contributed by atoms with Gasteiger partial charge in [-0.05, 0) is 36.6 Å². The number of piperidine rings is 1. The van der Waals surface area contributed by atoms with Crippen molar-refractivity contribution < 1.29 is 27.9 Å². The molecule has 9 nitrogen and oxygen atoms in total. The Kier molecular flexibility index (Phi) is 7.98. The highest BCUT2D eigenvalue weighted by Gasteiger charge is 2.33. The first-order valence-corrected chi connectivity index (χ1v) is 12.9. The van der Waals surface area contributed by atoms with Crippen LogP contribution >= 0.6 is 11.9 Å². The second-order valence-corrected chi connectivity index (χ2v) is 9.60. The van der Waals surface area contributed by atoms with Gasteiger partial charge in [-0.3, -0.25) is 9.69 Å². The number of anilines is 2. The maximum atomic E-state index is 13.6. The van der Waals surface area contributed by atoms with Crippen LogP contribution in [0.3, 0.4) is 0 Å². The van der Waals surface area contributed by atoms with Gasteiger partial charge in [0.1, 0.15) is 0 Å². The first-order chi connectivity index (χ1) is 17.1. The molecule has 0 unspecified atom stereocenters. The van der Waals surface area contributed by atoms with Crippen LogP contribution < -0.4 is 9.62 Å². The lowest BCUT2D eigenvalue weighted by atomic mass is 9.96. The van der Waals surface area contributed by atoms with Crippen LogP contribution in [-0.4, -0.2) is 82.2 Å². The average molecular weight is 527 g/mol. The molecule has 0 saturated carbocycles. The maximum Gasteiger partial charge on any atom is 0.416 e. The SMILES string of the molecule is CSNc1ccn(C(=O)N2CCN(Cc3cc(N4CCC(C(=O)O)CC4)cc(C(F)(F)F)c3)CC2)n1. The summed E-state index contributed by atoms with van der Waals surface area (Å²) < 4.78 is 45.2. The van der Waals surface area contributed by atoms with Crippen LogP contribution in [-0.2, 0) is 17.5 Å². The first-order valence-electron chi connectivity index (χ1n) is 11.7. The molecule has 0 atom stereocenters. The van der Waals surface area contributed by atoms with Crippen LogP contribution in [0.4, 0.5) is 29.5 Å². The van der Waals surface area contributed by atoms with Crippen molar-refractivity contribution in [3.8, 4) is 0 Å². The third-order valence-electron chi connectivity index (χ3n) is 6.55. The van der Waals surface area contributed by atoms with Gasteiger partial charge in [0.2, 0.25) is 0 Å². The lowest BCUT2D eigenvalue weighted by Crippen LogP contribution is -2.49. The highest BCUT2D eigenvalue weighted by atomic mass is 32.2. The molecule has 196 valence electrons. The summed E-state index contributed by atoms with van der Waals surface area (Å²) in [4.78, 5) is 29.5. The largest absolute Gasteiger partial charge is 0.481 e. The summed E-state index contributed by atoms with van der Waals surface area (Å²) in [5, 5.41) is 13.4. The summed E-state index contributed by atoms with van der Waals surface area (Å²) >= 11 is 1.38. The first kappa shape index (κ1) is 26.1. The van der Waals surface area contributed by atoms with Crippen LogP contribution in [0.5, 0.6) is 0 Å². The van der Waals surface area contributed by atoms with Gasteiger partial charge in [-0.2, -0.15) is 17.9 Å². The lowest BCUT2D eigenvalue weighted by molar-refractivity contribution is -0.142. The fraction of sp³-hybridized carbons (Fsp3) is 0.522. The fourth-order valence-electron chi connectivity index (χ4n) is 4.59. The molecule has 2 N–H and O–H groups in total.